The molecular weight excluding hydrogens is 400 g/mol. The van der Waals surface area contributed by atoms with Crippen molar-refractivity contribution in [2.45, 2.75) is 52.6 Å². The average Bonchev–Trinajstić information content (AvgIpc) is 2.71. The number of amides is 2. The van der Waals surface area contributed by atoms with Gasteiger partial charge in [-0.05, 0) is 62.9 Å². The van der Waals surface area contributed by atoms with Crippen LogP contribution in [0.1, 0.15) is 38.3 Å². The molecule has 2 amide bonds. The quantitative estimate of drug-likeness (QED) is 0.607. The maximum Gasteiger partial charge on any atom is 0.261 e. The molecule has 0 saturated heterocycles. The van der Waals surface area contributed by atoms with E-state index in [4.69, 9.17) is 16.3 Å². The van der Waals surface area contributed by atoms with Crippen molar-refractivity contribution in [3.8, 4) is 5.75 Å². The lowest BCUT2D eigenvalue weighted by Gasteiger charge is -2.31. The molecule has 0 radical (unpaired) electrons. The van der Waals surface area contributed by atoms with E-state index in [0.717, 1.165) is 11.1 Å². The van der Waals surface area contributed by atoms with Crippen LogP contribution in [0.5, 0.6) is 5.75 Å². The van der Waals surface area contributed by atoms with Crippen molar-refractivity contribution in [3.05, 3.63) is 64.7 Å². The lowest BCUT2D eigenvalue weighted by atomic mass is 10.1. The van der Waals surface area contributed by atoms with Crippen LogP contribution < -0.4 is 10.1 Å². The number of nitrogens with zero attached hydrogens (tertiary/aromatic N) is 1. The van der Waals surface area contributed by atoms with Crippen LogP contribution in [-0.4, -0.2) is 41.9 Å². The number of benzene rings is 2. The zero-order valence-corrected chi connectivity index (χ0v) is 18.9. The second-order valence-electron chi connectivity index (χ2n) is 7.61. The summed E-state index contributed by atoms with van der Waals surface area (Å²) in [6, 6.07) is 14.7. The smallest absolute Gasteiger partial charge is 0.261 e. The van der Waals surface area contributed by atoms with Gasteiger partial charge in [0.15, 0.2) is 6.61 Å². The number of carbonyl (C=O) groups is 2. The van der Waals surface area contributed by atoms with E-state index in [-0.39, 0.29) is 24.5 Å². The Morgan fingerprint density at radius 1 is 1.13 bits per heavy atom. The molecule has 0 aliphatic carbocycles. The van der Waals surface area contributed by atoms with Gasteiger partial charge in [0.05, 0.1) is 0 Å². The van der Waals surface area contributed by atoms with Gasteiger partial charge in [0.1, 0.15) is 11.8 Å². The minimum absolute atomic E-state index is 0.00548. The van der Waals surface area contributed by atoms with Crippen molar-refractivity contribution in [2.75, 3.05) is 13.2 Å². The van der Waals surface area contributed by atoms with Crippen molar-refractivity contribution < 1.29 is 14.3 Å². The standard InChI is InChI=1S/C24H31ClN2O3/c1-5-22(24(29)26-17(2)3)27(14-13-19-9-7-6-8-10-19)23(28)16-30-20-11-12-21(25)18(4)15-20/h6-12,15,17,22H,5,13-14,16H2,1-4H3,(H,26,29)/t22-/m0/s1. The summed E-state index contributed by atoms with van der Waals surface area (Å²) >= 11 is 6.05. The summed E-state index contributed by atoms with van der Waals surface area (Å²) in [6.07, 6.45) is 1.19. The summed E-state index contributed by atoms with van der Waals surface area (Å²) in [7, 11) is 0. The molecule has 0 spiro atoms. The molecule has 0 fully saturated rings. The highest BCUT2D eigenvalue weighted by Gasteiger charge is 2.28. The first-order chi connectivity index (χ1) is 14.3. The molecule has 5 nitrogen and oxygen atoms in total. The van der Waals surface area contributed by atoms with Crippen molar-refractivity contribution >= 4 is 23.4 Å². The molecule has 162 valence electrons. The summed E-state index contributed by atoms with van der Waals surface area (Å²) in [5.41, 5.74) is 1.99. The molecule has 0 saturated carbocycles. The number of carbonyl (C=O) groups excluding carboxylic acids is 2. The highest BCUT2D eigenvalue weighted by atomic mass is 35.5. The van der Waals surface area contributed by atoms with Crippen LogP contribution in [0.3, 0.4) is 0 Å². The Hall–Kier alpha value is -2.53. The van der Waals surface area contributed by atoms with Gasteiger partial charge < -0.3 is 15.0 Å². The Kier molecular flexibility index (Phi) is 9.18. The van der Waals surface area contributed by atoms with Gasteiger partial charge in [0.2, 0.25) is 5.91 Å². The van der Waals surface area contributed by atoms with E-state index in [0.29, 0.717) is 30.2 Å². The number of hydrogen-bond acceptors (Lipinski definition) is 3. The molecule has 1 atom stereocenters. The number of halogens is 1. The topological polar surface area (TPSA) is 58.6 Å². The molecular formula is C24H31ClN2O3. The van der Waals surface area contributed by atoms with E-state index < -0.39 is 6.04 Å². The molecule has 0 heterocycles. The van der Waals surface area contributed by atoms with E-state index in [1.54, 1.807) is 23.1 Å². The fourth-order valence-corrected chi connectivity index (χ4v) is 3.33. The van der Waals surface area contributed by atoms with Crippen molar-refractivity contribution in [1.29, 1.82) is 0 Å². The van der Waals surface area contributed by atoms with E-state index in [9.17, 15) is 9.59 Å². The van der Waals surface area contributed by atoms with Crippen LogP contribution in [0.15, 0.2) is 48.5 Å². The molecule has 0 bridgehead atoms. The summed E-state index contributed by atoms with van der Waals surface area (Å²) in [5.74, 6) is 0.216. The number of nitrogens with one attached hydrogen (secondary N) is 1. The van der Waals surface area contributed by atoms with Crippen LogP contribution in [0.2, 0.25) is 5.02 Å². The minimum Gasteiger partial charge on any atom is -0.484 e. The Labute approximate surface area is 184 Å². The van der Waals surface area contributed by atoms with Crippen molar-refractivity contribution in [3.63, 3.8) is 0 Å². The van der Waals surface area contributed by atoms with Crippen LogP contribution in [-0.2, 0) is 16.0 Å². The second kappa shape index (κ2) is 11.6. The van der Waals surface area contributed by atoms with Gasteiger partial charge in [0.25, 0.3) is 5.91 Å². The zero-order chi connectivity index (χ0) is 22.1. The molecule has 2 aromatic rings. The Bertz CT molecular complexity index is 840. The predicted molar refractivity (Wildman–Crippen MR) is 121 cm³/mol. The van der Waals surface area contributed by atoms with Gasteiger partial charge >= 0.3 is 0 Å². The zero-order valence-electron chi connectivity index (χ0n) is 18.2. The van der Waals surface area contributed by atoms with Gasteiger partial charge in [-0.15, -0.1) is 0 Å². The molecule has 0 aliphatic rings. The number of hydrogen-bond donors (Lipinski definition) is 1. The van der Waals surface area contributed by atoms with Gasteiger partial charge in [-0.25, -0.2) is 0 Å². The van der Waals surface area contributed by atoms with Gasteiger partial charge in [-0.2, -0.15) is 0 Å². The van der Waals surface area contributed by atoms with Gasteiger partial charge in [-0.3, -0.25) is 9.59 Å². The first-order valence-corrected chi connectivity index (χ1v) is 10.7. The van der Waals surface area contributed by atoms with Crippen LogP contribution in [0.25, 0.3) is 0 Å². The molecule has 0 unspecified atom stereocenters. The summed E-state index contributed by atoms with van der Waals surface area (Å²) in [5, 5.41) is 3.57. The summed E-state index contributed by atoms with van der Waals surface area (Å²) in [6.45, 7) is 7.92. The monoisotopic (exact) mass is 430 g/mol. The Morgan fingerprint density at radius 2 is 1.83 bits per heavy atom. The van der Waals surface area contributed by atoms with Gasteiger partial charge in [-0.1, -0.05) is 48.9 Å². The highest BCUT2D eigenvalue weighted by molar-refractivity contribution is 6.31. The molecule has 6 heteroatoms. The fraction of sp³-hybridized carbons (Fsp3) is 0.417. The first-order valence-electron chi connectivity index (χ1n) is 10.3. The van der Waals surface area contributed by atoms with Gasteiger partial charge in [0, 0.05) is 17.6 Å². The largest absolute Gasteiger partial charge is 0.484 e. The normalized spacial score (nSPS) is 11.8. The second-order valence-corrected chi connectivity index (χ2v) is 8.02. The maximum atomic E-state index is 13.1. The molecule has 2 rings (SSSR count). The lowest BCUT2D eigenvalue weighted by Crippen LogP contribution is -2.52. The van der Waals surface area contributed by atoms with Crippen LogP contribution in [0.4, 0.5) is 0 Å². The maximum absolute atomic E-state index is 13.1. The van der Waals surface area contributed by atoms with Crippen molar-refractivity contribution in [1.82, 2.24) is 10.2 Å². The molecule has 0 aliphatic heterocycles. The minimum atomic E-state index is -0.542. The SMILES string of the molecule is CC[C@@H](C(=O)NC(C)C)N(CCc1ccccc1)C(=O)COc1ccc(Cl)c(C)c1. The van der Waals surface area contributed by atoms with E-state index in [2.05, 4.69) is 5.32 Å². The first kappa shape index (κ1) is 23.7. The van der Waals surface area contributed by atoms with E-state index >= 15 is 0 Å². The predicted octanol–water partition coefficient (Wildman–Crippen LogP) is 4.40. The summed E-state index contributed by atoms with van der Waals surface area (Å²) in [4.78, 5) is 27.4. The molecule has 2 aromatic carbocycles. The highest BCUT2D eigenvalue weighted by Crippen LogP contribution is 2.21. The third kappa shape index (κ3) is 7.06. The number of aryl methyl sites for hydroxylation is 1. The van der Waals surface area contributed by atoms with Crippen molar-refractivity contribution in [2.24, 2.45) is 0 Å². The molecule has 0 aromatic heterocycles. The van der Waals surface area contributed by atoms with Crippen LogP contribution >= 0.6 is 11.6 Å². The lowest BCUT2D eigenvalue weighted by molar-refractivity contribution is -0.142. The summed E-state index contributed by atoms with van der Waals surface area (Å²) < 4.78 is 5.71. The van der Waals surface area contributed by atoms with E-state index in [1.165, 1.54) is 0 Å². The number of rotatable bonds is 10. The fourth-order valence-electron chi connectivity index (χ4n) is 3.21. The Balaban J connectivity index is 2.13. The number of ether oxygens (including phenoxy) is 1. The molecule has 1 N–H and O–H groups in total. The average molecular weight is 431 g/mol. The van der Waals surface area contributed by atoms with Crippen LogP contribution in [0, 0.1) is 6.92 Å². The molecule has 30 heavy (non-hydrogen) atoms. The third-order valence-electron chi connectivity index (χ3n) is 4.79. The Morgan fingerprint density at radius 3 is 2.43 bits per heavy atom. The van der Waals surface area contributed by atoms with E-state index in [1.807, 2.05) is 58.0 Å². The third-order valence-corrected chi connectivity index (χ3v) is 5.22.